The minimum atomic E-state index is 0.646. The maximum atomic E-state index is 4.03. The van der Waals surface area contributed by atoms with E-state index in [4.69, 9.17) is 0 Å². The van der Waals surface area contributed by atoms with Crippen LogP contribution in [0.15, 0.2) is 53.7 Å². The van der Waals surface area contributed by atoms with Crippen LogP contribution >= 0.6 is 11.8 Å². The summed E-state index contributed by atoms with van der Waals surface area (Å²) in [5.74, 6) is 1.84. The molecule has 0 aliphatic carbocycles. The Morgan fingerprint density at radius 3 is 2.89 bits per heavy atom. The molecule has 1 aromatic carbocycles. The molecule has 0 saturated heterocycles. The van der Waals surface area contributed by atoms with Crippen LogP contribution < -0.4 is 5.32 Å². The lowest BCUT2D eigenvalue weighted by atomic mass is 10.0. The minimum Gasteiger partial charge on any atom is -0.312 e. The van der Waals surface area contributed by atoms with E-state index in [1.807, 2.05) is 24.2 Å². The molecule has 0 spiro atoms. The van der Waals surface area contributed by atoms with Crippen LogP contribution in [0.3, 0.4) is 0 Å². The molecule has 1 aromatic heterocycles. The van der Waals surface area contributed by atoms with Crippen molar-refractivity contribution < 1.29 is 0 Å². The average Bonchev–Trinajstić information content (AvgIpc) is 2.84. The number of thioether (sulfide) groups is 1. The largest absolute Gasteiger partial charge is 0.312 e. The molecule has 92 valence electrons. The number of pyridine rings is 1. The van der Waals surface area contributed by atoms with Crippen molar-refractivity contribution in [1.29, 1.82) is 0 Å². The molecule has 2 heterocycles. The normalized spacial score (nSPS) is 17.7. The van der Waals surface area contributed by atoms with Crippen molar-refractivity contribution in [2.75, 3.05) is 12.3 Å². The third-order valence-electron chi connectivity index (χ3n) is 3.27. The van der Waals surface area contributed by atoms with Gasteiger partial charge in [-0.05, 0) is 29.3 Å². The summed E-state index contributed by atoms with van der Waals surface area (Å²) in [6.45, 7) is 1.97. The Morgan fingerprint density at radius 2 is 2.00 bits per heavy atom. The average molecular weight is 256 g/mol. The first-order valence-corrected chi connectivity index (χ1v) is 7.23. The molecular weight excluding hydrogens is 240 g/mol. The molecule has 0 radical (unpaired) electrons. The highest BCUT2D eigenvalue weighted by Crippen LogP contribution is 2.38. The van der Waals surface area contributed by atoms with Gasteiger partial charge in [0.25, 0.3) is 0 Å². The second kappa shape index (κ2) is 5.55. The highest BCUT2D eigenvalue weighted by atomic mass is 32.2. The van der Waals surface area contributed by atoms with E-state index in [1.54, 1.807) is 0 Å². The van der Waals surface area contributed by atoms with Crippen LogP contribution in [-0.2, 0) is 6.54 Å². The van der Waals surface area contributed by atoms with Crippen molar-refractivity contribution in [3.63, 3.8) is 0 Å². The maximum Gasteiger partial charge on any atom is 0.0271 e. The van der Waals surface area contributed by atoms with Gasteiger partial charge in [-0.15, -0.1) is 11.8 Å². The van der Waals surface area contributed by atoms with E-state index >= 15 is 0 Å². The van der Waals surface area contributed by atoms with Crippen molar-refractivity contribution in [2.24, 2.45) is 0 Å². The zero-order chi connectivity index (χ0) is 12.2. The number of nitrogens with zero attached hydrogens (tertiary/aromatic N) is 1. The van der Waals surface area contributed by atoms with Gasteiger partial charge in [-0.25, -0.2) is 0 Å². The first-order valence-electron chi connectivity index (χ1n) is 6.25. The summed E-state index contributed by atoms with van der Waals surface area (Å²) in [5, 5.41) is 3.54. The Kier molecular flexibility index (Phi) is 3.62. The van der Waals surface area contributed by atoms with E-state index in [9.17, 15) is 0 Å². The molecule has 0 amide bonds. The fourth-order valence-corrected chi connectivity index (χ4v) is 3.54. The fraction of sp³-hybridized carbons (Fsp3) is 0.267. The number of nitrogens with one attached hydrogen (secondary N) is 1. The SMILES string of the molecule is c1ccc2c(c1)SCC2CNCc1ccncc1. The number of hydrogen-bond donors (Lipinski definition) is 1. The number of benzene rings is 1. The van der Waals surface area contributed by atoms with Crippen LogP contribution in [0, 0.1) is 0 Å². The van der Waals surface area contributed by atoms with Gasteiger partial charge in [0, 0.05) is 42.0 Å². The molecule has 1 unspecified atom stereocenters. The number of hydrogen-bond acceptors (Lipinski definition) is 3. The second-order valence-electron chi connectivity index (χ2n) is 4.53. The summed E-state index contributed by atoms with van der Waals surface area (Å²) in [6.07, 6.45) is 3.69. The Morgan fingerprint density at radius 1 is 1.17 bits per heavy atom. The molecule has 1 aliphatic heterocycles. The third kappa shape index (κ3) is 2.57. The topological polar surface area (TPSA) is 24.9 Å². The van der Waals surface area contributed by atoms with Crippen molar-refractivity contribution >= 4 is 11.8 Å². The van der Waals surface area contributed by atoms with Crippen LogP contribution in [-0.4, -0.2) is 17.3 Å². The first-order chi connectivity index (χ1) is 8.93. The molecular formula is C15H16N2S. The zero-order valence-electron chi connectivity index (χ0n) is 10.2. The zero-order valence-corrected chi connectivity index (χ0v) is 11.0. The summed E-state index contributed by atoms with van der Waals surface area (Å²) >= 11 is 1.97. The van der Waals surface area contributed by atoms with Gasteiger partial charge < -0.3 is 5.32 Å². The van der Waals surface area contributed by atoms with Gasteiger partial charge in [-0.1, -0.05) is 18.2 Å². The Balaban J connectivity index is 1.56. The van der Waals surface area contributed by atoms with Crippen molar-refractivity contribution in [3.8, 4) is 0 Å². The van der Waals surface area contributed by atoms with Gasteiger partial charge in [0.15, 0.2) is 0 Å². The summed E-state index contributed by atoms with van der Waals surface area (Å²) < 4.78 is 0. The van der Waals surface area contributed by atoms with Gasteiger partial charge in [0.1, 0.15) is 0 Å². The summed E-state index contributed by atoms with van der Waals surface area (Å²) in [4.78, 5) is 5.48. The third-order valence-corrected chi connectivity index (χ3v) is 4.52. The highest BCUT2D eigenvalue weighted by Gasteiger charge is 2.21. The molecule has 2 nitrogen and oxygen atoms in total. The predicted molar refractivity (Wildman–Crippen MR) is 75.9 cm³/mol. The molecule has 3 rings (SSSR count). The number of rotatable bonds is 4. The van der Waals surface area contributed by atoms with Gasteiger partial charge in [-0.3, -0.25) is 4.98 Å². The van der Waals surface area contributed by atoms with Gasteiger partial charge in [0.2, 0.25) is 0 Å². The monoisotopic (exact) mass is 256 g/mol. The minimum absolute atomic E-state index is 0.646. The lowest BCUT2D eigenvalue weighted by Gasteiger charge is -2.11. The predicted octanol–water partition coefficient (Wildman–Crippen LogP) is 3.06. The Bertz CT molecular complexity index is 513. The second-order valence-corrected chi connectivity index (χ2v) is 5.59. The molecule has 18 heavy (non-hydrogen) atoms. The van der Waals surface area contributed by atoms with Gasteiger partial charge >= 0.3 is 0 Å². The number of fused-ring (bicyclic) bond motifs is 1. The summed E-state index contributed by atoms with van der Waals surface area (Å²) in [7, 11) is 0. The van der Waals surface area contributed by atoms with E-state index < -0.39 is 0 Å². The van der Waals surface area contributed by atoms with Crippen LogP contribution in [0.2, 0.25) is 0 Å². The van der Waals surface area contributed by atoms with Crippen molar-refractivity contribution in [2.45, 2.75) is 17.4 Å². The molecule has 0 saturated carbocycles. The lowest BCUT2D eigenvalue weighted by Crippen LogP contribution is -2.21. The molecule has 1 atom stereocenters. The first kappa shape index (κ1) is 11.8. The van der Waals surface area contributed by atoms with Gasteiger partial charge in [0.05, 0.1) is 0 Å². The van der Waals surface area contributed by atoms with Crippen molar-refractivity contribution in [3.05, 3.63) is 59.9 Å². The van der Waals surface area contributed by atoms with E-state index in [1.165, 1.54) is 21.8 Å². The van der Waals surface area contributed by atoms with Crippen LogP contribution in [0.5, 0.6) is 0 Å². The molecule has 0 bridgehead atoms. The van der Waals surface area contributed by atoms with Crippen LogP contribution in [0.4, 0.5) is 0 Å². The van der Waals surface area contributed by atoms with Gasteiger partial charge in [-0.2, -0.15) is 0 Å². The highest BCUT2D eigenvalue weighted by molar-refractivity contribution is 7.99. The summed E-state index contributed by atoms with van der Waals surface area (Å²) in [6, 6.07) is 12.9. The van der Waals surface area contributed by atoms with Crippen LogP contribution in [0.1, 0.15) is 17.0 Å². The fourth-order valence-electron chi connectivity index (χ4n) is 2.29. The Labute approximate surface area is 112 Å². The smallest absolute Gasteiger partial charge is 0.0271 e. The van der Waals surface area contributed by atoms with E-state index in [2.05, 4.69) is 46.7 Å². The lowest BCUT2D eigenvalue weighted by molar-refractivity contribution is 0.621. The molecule has 2 aromatic rings. The van der Waals surface area contributed by atoms with Crippen LogP contribution in [0.25, 0.3) is 0 Å². The maximum absolute atomic E-state index is 4.03. The molecule has 0 fully saturated rings. The standard InChI is InChI=1S/C15H16N2S/c1-2-4-15-14(3-1)13(11-18-15)10-17-9-12-5-7-16-8-6-12/h1-8,13,17H,9-11H2. The summed E-state index contributed by atoms with van der Waals surface area (Å²) in [5.41, 5.74) is 2.80. The number of aromatic nitrogens is 1. The van der Waals surface area contributed by atoms with E-state index in [0.29, 0.717) is 5.92 Å². The van der Waals surface area contributed by atoms with E-state index in [0.717, 1.165) is 13.1 Å². The van der Waals surface area contributed by atoms with E-state index in [-0.39, 0.29) is 0 Å². The molecule has 3 heteroatoms. The van der Waals surface area contributed by atoms with Crippen molar-refractivity contribution in [1.82, 2.24) is 10.3 Å². The molecule has 1 aliphatic rings. The Hall–Kier alpha value is -1.32. The molecule has 1 N–H and O–H groups in total. The quantitative estimate of drug-likeness (QED) is 0.910.